The van der Waals surface area contributed by atoms with Gasteiger partial charge in [-0.25, -0.2) is 9.59 Å². The zero-order chi connectivity index (χ0) is 23.8. The molecule has 1 aromatic rings. The third kappa shape index (κ3) is 7.27. The number of benzene rings is 1. The monoisotopic (exact) mass is 468 g/mol. The van der Waals surface area contributed by atoms with E-state index < -0.39 is 17.3 Å². The van der Waals surface area contributed by atoms with E-state index in [0.29, 0.717) is 31.3 Å². The van der Waals surface area contributed by atoms with Gasteiger partial charge in [0.2, 0.25) is 0 Å². The number of amides is 2. The molecule has 2 amide bonds. The van der Waals surface area contributed by atoms with Crippen molar-refractivity contribution < 1.29 is 23.8 Å². The van der Waals surface area contributed by atoms with Gasteiger partial charge in [0.15, 0.2) is 0 Å². The molecule has 1 heterocycles. The molecule has 0 spiro atoms. The number of carbonyl (C=O) groups excluding carboxylic acids is 2. The lowest BCUT2D eigenvalue weighted by molar-refractivity contribution is -0.115. The number of nitrogens with one attached hydrogen (secondary N) is 1. The Hall–Kier alpha value is -1.99. The fourth-order valence-corrected chi connectivity index (χ4v) is 4.48. The second kappa shape index (κ2) is 11.8. The summed E-state index contributed by atoms with van der Waals surface area (Å²) in [6.07, 6.45) is 2.63. The number of alkyl carbamates (subject to hydrolysis) is 1. The molecule has 7 nitrogen and oxygen atoms in total. The molecule has 1 saturated heterocycles. The van der Waals surface area contributed by atoms with Crippen LogP contribution in [0.25, 0.3) is 0 Å². The summed E-state index contributed by atoms with van der Waals surface area (Å²) in [5.41, 5.74) is -0.202. The summed E-state index contributed by atoms with van der Waals surface area (Å²) in [6.45, 7) is 9.56. The number of hydrogen-bond donors (Lipinski definition) is 1. The van der Waals surface area contributed by atoms with Crippen LogP contribution < -0.4 is 5.32 Å². The number of halogens is 1. The van der Waals surface area contributed by atoms with Crippen molar-refractivity contribution in [2.45, 2.75) is 64.6 Å². The number of ether oxygens (including phenoxy) is 3. The molecule has 0 radical (unpaired) electrons. The highest BCUT2D eigenvalue weighted by Crippen LogP contribution is 2.43. The first kappa shape index (κ1) is 26.3. The topological polar surface area (TPSA) is 77.1 Å². The highest BCUT2D eigenvalue weighted by Gasteiger charge is 2.44. The standard InChI is InChI=1S/C24H37ClN2O5/c1-6-12-24(18-9-7-11-20(25)16-18,31-15-13-26-21(28)30-5)19-10-8-14-27(17-19)22(29)32-23(2,3)4/h7,9,11,16,19H,6,8,10,12-15,17H2,1-5H3,(H,26,28)/t19?,24-/m0/s1. The maximum absolute atomic E-state index is 12.8. The summed E-state index contributed by atoms with van der Waals surface area (Å²) in [7, 11) is 1.33. The lowest BCUT2D eigenvalue weighted by Crippen LogP contribution is -2.50. The van der Waals surface area contributed by atoms with Gasteiger partial charge < -0.3 is 24.4 Å². The molecule has 0 bridgehead atoms. The van der Waals surface area contributed by atoms with Crippen molar-refractivity contribution in [3.63, 3.8) is 0 Å². The van der Waals surface area contributed by atoms with Crippen LogP contribution >= 0.6 is 11.6 Å². The van der Waals surface area contributed by atoms with Crippen LogP contribution in [0.4, 0.5) is 9.59 Å². The quantitative estimate of drug-likeness (QED) is 0.520. The van der Waals surface area contributed by atoms with Gasteiger partial charge >= 0.3 is 12.2 Å². The number of nitrogens with zero attached hydrogens (tertiary/aromatic N) is 1. The first-order valence-electron chi connectivity index (χ1n) is 11.3. The Morgan fingerprint density at radius 3 is 2.66 bits per heavy atom. The number of likely N-dealkylation sites (tertiary alicyclic amines) is 1. The minimum atomic E-state index is -0.641. The molecule has 2 atom stereocenters. The Kier molecular flexibility index (Phi) is 9.64. The van der Waals surface area contributed by atoms with Gasteiger partial charge in [0.25, 0.3) is 0 Å². The van der Waals surface area contributed by atoms with Crippen LogP contribution in [0.15, 0.2) is 24.3 Å². The minimum Gasteiger partial charge on any atom is -0.453 e. The molecule has 1 N–H and O–H groups in total. The van der Waals surface area contributed by atoms with Crippen molar-refractivity contribution in [3.8, 4) is 0 Å². The summed E-state index contributed by atoms with van der Waals surface area (Å²) >= 11 is 6.35. The van der Waals surface area contributed by atoms with E-state index in [9.17, 15) is 9.59 Å². The van der Waals surface area contributed by atoms with Gasteiger partial charge in [0.1, 0.15) is 5.60 Å². The van der Waals surface area contributed by atoms with Crippen LogP contribution in [0.2, 0.25) is 5.02 Å². The van der Waals surface area contributed by atoms with Gasteiger partial charge in [0, 0.05) is 30.6 Å². The number of rotatable bonds is 8. The first-order valence-corrected chi connectivity index (χ1v) is 11.7. The second-order valence-corrected chi connectivity index (χ2v) is 9.62. The third-order valence-corrected chi connectivity index (χ3v) is 5.82. The summed E-state index contributed by atoms with van der Waals surface area (Å²) < 4.78 is 16.8. The van der Waals surface area contributed by atoms with Crippen molar-refractivity contribution >= 4 is 23.8 Å². The van der Waals surface area contributed by atoms with Gasteiger partial charge in [-0.15, -0.1) is 0 Å². The van der Waals surface area contributed by atoms with E-state index in [-0.39, 0.29) is 12.0 Å². The number of piperidine rings is 1. The molecule has 0 aromatic heterocycles. The van der Waals surface area contributed by atoms with E-state index in [1.807, 2.05) is 45.0 Å². The van der Waals surface area contributed by atoms with E-state index in [2.05, 4.69) is 17.0 Å². The summed E-state index contributed by atoms with van der Waals surface area (Å²) in [6, 6.07) is 7.74. The van der Waals surface area contributed by atoms with Gasteiger partial charge in [-0.1, -0.05) is 37.1 Å². The maximum Gasteiger partial charge on any atom is 0.410 e. The summed E-state index contributed by atoms with van der Waals surface area (Å²) in [5, 5.41) is 3.31. The molecular weight excluding hydrogens is 432 g/mol. The Labute approximate surface area is 196 Å². The summed E-state index contributed by atoms with van der Waals surface area (Å²) in [5.74, 6) is 0.0558. The van der Waals surface area contributed by atoms with Crippen molar-refractivity contribution in [2.24, 2.45) is 5.92 Å². The van der Waals surface area contributed by atoms with Crippen LogP contribution in [-0.2, 0) is 19.8 Å². The van der Waals surface area contributed by atoms with Crippen LogP contribution in [-0.4, -0.2) is 56.0 Å². The average molecular weight is 469 g/mol. The molecule has 1 aliphatic heterocycles. The maximum atomic E-state index is 12.8. The molecule has 32 heavy (non-hydrogen) atoms. The number of carbonyl (C=O) groups is 2. The van der Waals surface area contributed by atoms with E-state index in [1.165, 1.54) is 7.11 Å². The normalized spacial score (nSPS) is 18.6. The molecule has 2 rings (SSSR count). The SMILES string of the molecule is CCC[C@](OCCNC(=O)OC)(c1cccc(Cl)c1)C1CCCN(C(=O)OC(C)(C)C)C1. The van der Waals surface area contributed by atoms with Crippen molar-refractivity contribution in [1.29, 1.82) is 0 Å². The zero-order valence-electron chi connectivity index (χ0n) is 19.9. The molecule has 180 valence electrons. The molecular formula is C24H37ClN2O5. The Morgan fingerprint density at radius 1 is 1.28 bits per heavy atom. The van der Waals surface area contributed by atoms with Crippen molar-refractivity contribution in [3.05, 3.63) is 34.9 Å². The number of hydrogen-bond acceptors (Lipinski definition) is 5. The van der Waals surface area contributed by atoms with Crippen molar-refractivity contribution in [1.82, 2.24) is 10.2 Å². The van der Waals surface area contributed by atoms with Gasteiger partial charge in [-0.3, -0.25) is 0 Å². The predicted molar refractivity (Wildman–Crippen MR) is 125 cm³/mol. The fourth-order valence-electron chi connectivity index (χ4n) is 4.29. The molecule has 8 heteroatoms. The highest BCUT2D eigenvalue weighted by molar-refractivity contribution is 6.30. The molecule has 1 aliphatic rings. The predicted octanol–water partition coefficient (Wildman–Crippen LogP) is 5.36. The molecule has 1 aromatic carbocycles. The lowest BCUT2D eigenvalue weighted by Gasteiger charge is -2.46. The Bertz CT molecular complexity index is 767. The fraction of sp³-hybridized carbons (Fsp3) is 0.667. The highest BCUT2D eigenvalue weighted by atomic mass is 35.5. The third-order valence-electron chi connectivity index (χ3n) is 5.58. The van der Waals surface area contributed by atoms with E-state index in [0.717, 1.165) is 31.2 Å². The Morgan fingerprint density at radius 2 is 2.03 bits per heavy atom. The van der Waals surface area contributed by atoms with E-state index >= 15 is 0 Å². The zero-order valence-corrected chi connectivity index (χ0v) is 20.7. The molecule has 1 fully saturated rings. The lowest BCUT2D eigenvalue weighted by atomic mass is 9.74. The van der Waals surface area contributed by atoms with E-state index in [4.69, 9.17) is 21.1 Å². The van der Waals surface area contributed by atoms with Crippen LogP contribution in [0.3, 0.4) is 0 Å². The van der Waals surface area contributed by atoms with Crippen LogP contribution in [0.1, 0.15) is 58.9 Å². The molecule has 1 unspecified atom stereocenters. The first-order chi connectivity index (χ1) is 15.1. The van der Waals surface area contributed by atoms with Crippen LogP contribution in [0.5, 0.6) is 0 Å². The van der Waals surface area contributed by atoms with Crippen molar-refractivity contribution in [2.75, 3.05) is 33.4 Å². The minimum absolute atomic E-state index is 0.0558. The number of methoxy groups -OCH3 is 1. The largest absolute Gasteiger partial charge is 0.453 e. The molecule has 0 saturated carbocycles. The van der Waals surface area contributed by atoms with Gasteiger partial charge in [0.05, 0.1) is 19.3 Å². The summed E-state index contributed by atoms with van der Waals surface area (Å²) in [4.78, 5) is 26.0. The Balaban J connectivity index is 2.31. The second-order valence-electron chi connectivity index (χ2n) is 9.18. The molecule has 0 aliphatic carbocycles. The average Bonchev–Trinajstić information content (AvgIpc) is 2.74. The smallest absolute Gasteiger partial charge is 0.410 e. The van der Waals surface area contributed by atoms with Gasteiger partial charge in [-0.05, 0) is 57.7 Å². The van der Waals surface area contributed by atoms with Gasteiger partial charge in [-0.2, -0.15) is 0 Å². The van der Waals surface area contributed by atoms with E-state index in [1.54, 1.807) is 4.90 Å². The van der Waals surface area contributed by atoms with Crippen LogP contribution in [0, 0.1) is 5.92 Å².